The molecule has 0 aliphatic heterocycles. The molecule has 0 bridgehead atoms. The lowest BCUT2D eigenvalue weighted by atomic mass is 10.0. The topological polar surface area (TPSA) is 52.0 Å². The van der Waals surface area contributed by atoms with Gasteiger partial charge in [0.05, 0.1) is 0 Å². The summed E-state index contributed by atoms with van der Waals surface area (Å²) in [5.41, 5.74) is 5.54. The molecule has 3 heteroatoms. The van der Waals surface area contributed by atoms with Crippen LogP contribution in [0.5, 0.6) is 0 Å². The van der Waals surface area contributed by atoms with Crippen molar-refractivity contribution in [3.63, 3.8) is 0 Å². The molecule has 0 saturated heterocycles. The van der Waals surface area contributed by atoms with Gasteiger partial charge in [-0.25, -0.2) is 0 Å². The summed E-state index contributed by atoms with van der Waals surface area (Å²) in [5.74, 6) is 0. The summed E-state index contributed by atoms with van der Waals surface area (Å²) in [6.45, 7) is 5.96. The van der Waals surface area contributed by atoms with Gasteiger partial charge in [0.2, 0.25) is 0 Å². The molecule has 0 rings (SSSR count). The van der Waals surface area contributed by atoms with Crippen LogP contribution in [0.3, 0.4) is 0 Å². The summed E-state index contributed by atoms with van der Waals surface area (Å²) >= 11 is 1.31. The average Bonchev–Trinajstić information content (AvgIpc) is 1.62. The van der Waals surface area contributed by atoms with Gasteiger partial charge in [0, 0.05) is 10.8 Å². The highest BCUT2D eigenvalue weighted by molar-refractivity contribution is 7.97. The van der Waals surface area contributed by atoms with E-state index in [1.807, 2.05) is 20.8 Å². The van der Waals surface area contributed by atoms with E-state index in [0.717, 1.165) is 0 Å². The third kappa shape index (κ3) is 2.55. The molecular weight excluding hydrogens is 120 g/mol. The van der Waals surface area contributed by atoms with E-state index in [-0.39, 0.29) is 5.54 Å². The first-order chi connectivity index (χ1) is 3.48. The van der Waals surface area contributed by atoms with Crippen molar-refractivity contribution in [1.82, 2.24) is 0 Å². The van der Waals surface area contributed by atoms with Crippen molar-refractivity contribution in [1.29, 1.82) is 0 Å². The highest BCUT2D eigenvalue weighted by Gasteiger charge is 2.18. The fourth-order valence-electron chi connectivity index (χ4n) is 0.175. The maximum Gasteiger partial charge on any atom is 0.0337 e. The van der Waals surface area contributed by atoms with Crippen LogP contribution >= 0.6 is 11.9 Å². The Kier molecular flexibility index (Phi) is 2.80. The molecular formula is C5H14N2S. The first-order valence-electron chi connectivity index (χ1n) is 2.63. The lowest BCUT2D eigenvalue weighted by Gasteiger charge is -2.24. The van der Waals surface area contributed by atoms with E-state index in [9.17, 15) is 0 Å². The van der Waals surface area contributed by atoms with Gasteiger partial charge in [-0.15, -0.1) is 0 Å². The number of nitrogens with two attached hydrogens (primary N) is 2. The third-order valence-electron chi connectivity index (χ3n) is 1.25. The lowest BCUT2D eigenvalue weighted by Crippen LogP contribution is -2.42. The predicted molar refractivity (Wildman–Crippen MR) is 39.5 cm³/mol. The molecule has 0 aliphatic rings. The largest absolute Gasteiger partial charge is 0.325 e. The third-order valence-corrected chi connectivity index (χ3v) is 2.27. The summed E-state index contributed by atoms with van der Waals surface area (Å²) in [6, 6.07) is 0. The summed E-state index contributed by atoms with van der Waals surface area (Å²) in [4.78, 5) is 0. The van der Waals surface area contributed by atoms with E-state index in [4.69, 9.17) is 10.9 Å². The summed E-state index contributed by atoms with van der Waals surface area (Å²) in [5, 5.41) is 5.62. The normalized spacial score (nSPS) is 16.1. The lowest BCUT2D eigenvalue weighted by molar-refractivity contribution is 0.515. The molecule has 50 valence electrons. The molecule has 4 N–H and O–H groups in total. The Morgan fingerprint density at radius 3 is 1.88 bits per heavy atom. The van der Waals surface area contributed by atoms with Crippen LogP contribution in [0.15, 0.2) is 0 Å². The number of hydrogen-bond donors (Lipinski definition) is 2. The van der Waals surface area contributed by atoms with Crippen molar-refractivity contribution in [2.45, 2.75) is 31.6 Å². The first kappa shape index (κ1) is 8.27. The molecule has 0 radical (unpaired) electrons. The standard InChI is InChI=1S/C5H14N2S/c1-4(8-7)5(2,3)6/h4H,6-7H2,1-3H3. The van der Waals surface area contributed by atoms with Gasteiger partial charge in [0.1, 0.15) is 0 Å². The maximum atomic E-state index is 5.69. The second-order valence-electron chi connectivity index (χ2n) is 2.60. The smallest absolute Gasteiger partial charge is 0.0337 e. The Morgan fingerprint density at radius 1 is 1.50 bits per heavy atom. The van der Waals surface area contributed by atoms with E-state index in [1.165, 1.54) is 11.9 Å². The maximum absolute atomic E-state index is 5.69. The second kappa shape index (κ2) is 2.71. The van der Waals surface area contributed by atoms with Crippen LogP contribution in [-0.2, 0) is 0 Å². The highest BCUT2D eigenvalue weighted by atomic mass is 32.2. The van der Waals surface area contributed by atoms with Gasteiger partial charge >= 0.3 is 0 Å². The minimum Gasteiger partial charge on any atom is -0.325 e. The SMILES string of the molecule is CC(SN)C(C)(C)N. The molecule has 1 unspecified atom stereocenters. The fraction of sp³-hybridized carbons (Fsp3) is 1.00. The van der Waals surface area contributed by atoms with Crippen molar-refractivity contribution in [2.24, 2.45) is 10.9 Å². The molecule has 0 saturated carbocycles. The van der Waals surface area contributed by atoms with Crippen molar-refractivity contribution in [2.75, 3.05) is 0 Å². The summed E-state index contributed by atoms with van der Waals surface area (Å²) in [7, 11) is 0. The van der Waals surface area contributed by atoms with Crippen LogP contribution < -0.4 is 10.9 Å². The minimum atomic E-state index is -0.153. The van der Waals surface area contributed by atoms with Crippen LogP contribution in [0, 0.1) is 0 Å². The van der Waals surface area contributed by atoms with Crippen LogP contribution in [0.4, 0.5) is 0 Å². The zero-order valence-corrected chi connectivity index (χ0v) is 6.46. The Morgan fingerprint density at radius 2 is 1.88 bits per heavy atom. The second-order valence-corrected chi connectivity index (χ2v) is 3.58. The van der Waals surface area contributed by atoms with Gasteiger partial charge in [0.15, 0.2) is 0 Å². The van der Waals surface area contributed by atoms with E-state index in [2.05, 4.69) is 0 Å². The first-order valence-corrected chi connectivity index (χ1v) is 3.57. The molecule has 1 atom stereocenters. The van der Waals surface area contributed by atoms with E-state index in [1.54, 1.807) is 0 Å². The van der Waals surface area contributed by atoms with Gasteiger partial charge in [-0.05, 0) is 13.8 Å². The van der Waals surface area contributed by atoms with Crippen molar-refractivity contribution in [3.8, 4) is 0 Å². The quantitative estimate of drug-likeness (QED) is 0.547. The molecule has 0 amide bonds. The molecule has 0 aromatic carbocycles. The molecule has 0 heterocycles. The summed E-state index contributed by atoms with van der Waals surface area (Å²) in [6.07, 6.45) is 0. The molecule has 0 fully saturated rings. The molecule has 2 nitrogen and oxygen atoms in total. The van der Waals surface area contributed by atoms with Crippen LogP contribution in [0.25, 0.3) is 0 Å². The van der Waals surface area contributed by atoms with Gasteiger partial charge in [-0.1, -0.05) is 18.9 Å². The van der Waals surface area contributed by atoms with Crippen LogP contribution in [-0.4, -0.2) is 10.8 Å². The fourth-order valence-corrected chi connectivity index (χ4v) is 0.526. The van der Waals surface area contributed by atoms with Gasteiger partial charge in [0.25, 0.3) is 0 Å². The number of rotatable bonds is 2. The molecule has 0 aliphatic carbocycles. The van der Waals surface area contributed by atoms with E-state index >= 15 is 0 Å². The van der Waals surface area contributed by atoms with Crippen molar-refractivity contribution >= 4 is 11.9 Å². The molecule has 0 aromatic rings. The van der Waals surface area contributed by atoms with Crippen LogP contribution in [0.1, 0.15) is 20.8 Å². The van der Waals surface area contributed by atoms with E-state index < -0.39 is 0 Å². The Bertz CT molecular complexity index is 67.3. The highest BCUT2D eigenvalue weighted by Crippen LogP contribution is 2.14. The van der Waals surface area contributed by atoms with Crippen molar-refractivity contribution in [3.05, 3.63) is 0 Å². The van der Waals surface area contributed by atoms with Gasteiger partial charge < -0.3 is 5.73 Å². The Balaban J connectivity index is 3.62. The minimum absolute atomic E-state index is 0.153. The average molecular weight is 134 g/mol. The van der Waals surface area contributed by atoms with Gasteiger partial charge in [-0.2, -0.15) is 0 Å². The van der Waals surface area contributed by atoms with Gasteiger partial charge in [-0.3, -0.25) is 5.14 Å². The zero-order valence-electron chi connectivity index (χ0n) is 5.64. The predicted octanol–water partition coefficient (Wildman–Crippen LogP) is 0.719. The Hall–Kier alpha value is 0.270. The molecule has 0 aromatic heterocycles. The summed E-state index contributed by atoms with van der Waals surface area (Å²) < 4.78 is 0. The monoisotopic (exact) mass is 134 g/mol. The molecule has 8 heavy (non-hydrogen) atoms. The Labute approximate surface area is 55.1 Å². The van der Waals surface area contributed by atoms with Crippen LogP contribution in [0.2, 0.25) is 0 Å². The van der Waals surface area contributed by atoms with Crippen molar-refractivity contribution < 1.29 is 0 Å². The zero-order chi connectivity index (χ0) is 6.78. The molecule has 0 spiro atoms. The van der Waals surface area contributed by atoms with E-state index in [0.29, 0.717) is 5.25 Å². The number of hydrogen-bond acceptors (Lipinski definition) is 3.